The molecule has 0 aromatic carbocycles. The number of ether oxygens (including phenoxy) is 1. The van der Waals surface area contributed by atoms with Gasteiger partial charge in [-0.15, -0.1) is 0 Å². The Bertz CT molecular complexity index is 303. The monoisotopic (exact) mass is 196 g/mol. The summed E-state index contributed by atoms with van der Waals surface area (Å²) in [6, 6.07) is 0. The molecule has 0 aliphatic carbocycles. The number of nitrogens with two attached hydrogens (primary N) is 1. The summed E-state index contributed by atoms with van der Waals surface area (Å²) in [4.78, 5) is 4.34. The lowest BCUT2D eigenvalue weighted by Gasteiger charge is -2.19. The van der Waals surface area contributed by atoms with Gasteiger partial charge in [-0.1, -0.05) is 0 Å². The van der Waals surface area contributed by atoms with Gasteiger partial charge in [0.15, 0.2) is 0 Å². The van der Waals surface area contributed by atoms with Gasteiger partial charge >= 0.3 is 0 Å². The SMILES string of the molecule is Cc1oc(C2CCCCO2)nc1CN. The molecule has 1 unspecified atom stereocenters. The fourth-order valence-corrected chi connectivity index (χ4v) is 1.71. The van der Waals surface area contributed by atoms with Crippen molar-refractivity contribution in [3.05, 3.63) is 17.3 Å². The minimum Gasteiger partial charge on any atom is -0.443 e. The average Bonchev–Trinajstić information content (AvgIpc) is 2.61. The van der Waals surface area contributed by atoms with Crippen molar-refractivity contribution in [1.82, 2.24) is 4.98 Å². The van der Waals surface area contributed by atoms with Crippen molar-refractivity contribution in [2.45, 2.75) is 38.8 Å². The number of aryl methyl sites for hydroxylation is 1. The first-order chi connectivity index (χ1) is 6.81. The molecule has 1 atom stereocenters. The Kier molecular flexibility index (Phi) is 2.84. The van der Waals surface area contributed by atoms with Crippen LogP contribution in [0.2, 0.25) is 0 Å². The van der Waals surface area contributed by atoms with Crippen LogP contribution >= 0.6 is 0 Å². The maximum absolute atomic E-state index is 5.58. The van der Waals surface area contributed by atoms with Crippen LogP contribution in [0.25, 0.3) is 0 Å². The van der Waals surface area contributed by atoms with E-state index in [0.29, 0.717) is 12.4 Å². The maximum atomic E-state index is 5.58. The summed E-state index contributed by atoms with van der Waals surface area (Å²) >= 11 is 0. The molecule has 14 heavy (non-hydrogen) atoms. The highest BCUT2D eigenvalue weighted by Gasteiger charge is 2.22. The number of oxazole rings is 1. The molecule has 2 rings (SSSR count). The van der Waals surface area contributed by atoms with Gasteiger partial charge in [0.1, 0.15) is 11.9 Å². The van der Waals surface area contributed by atoms with Crippen molar-refractivity contribution >= 4 is 0 Å². The minimum atomic E-state index is 0.0442. The van der Waals surface area contributed by atoms with Crippen LogP contribution in [0.4, 0.5) is 0 Å². The number of hydrogen-bond donors (Lipinski definition) is 1. The Balaban J connectivity index is 2.14. The summed E-state index contributed by atoms with van der Waals surface area (Å²) < 4.78 is 11.1. The first kappa shape index (κ1) is 9.68. The topological polar surface area (TPSA) is 61.3 Å². The van der Waals surface area contributed by atoms with Crippen molar-refractivity contribution < 1.29 is 9.15 Å². The molecular weight excluding hydrogens is 180 g/mol. The summed E-state index contributed by atoms with van der Waals surface area (Å²) in [7, 11) is 0. The maximum Gasteiger partial charge on any atom is 0.223 e. The second-order valence-electron chi connectivity index (χ2n) is 3.61. The lowest BCUT2D eigenvalue weighted by molar-refractivity contribution is -0.00188. The highest BCUT2D eigenvalue weighted by atomic mass is 16.5. The van der Waals surface area contributed by atoms with E-state index in [2.05, 4.69) is 4.98 Å². The quantitative estimate of drug-likeness (QED) is 0.781. The molecule has 4 nitrogen and oxygen atoms in total. The van der Waals surface area contributed by atoms with Crippen molar-refractivity contribution in [3.8, 4) is 0 Å². The van der Waals surface area contributed by atoms with Gasteiger partial charge in [-0.2, -0.15) is 0 Å². The van der Waals surface area contributed by atoms with Gasteiger partial charge in [0, 0.05) is 13.2 Å². The molecule has 0 bridgehead atoms. The van der Waals surface area contributed by atoms with Crippen LogP contribution in [-0.4, -0.2) is 11.6 Å². The zero-order valence-electron chi connectivity index (χ0n) is 8.45. The van der Waals surface area contributed by atoms with Gasteiger partial charge in [-0.05, 0) is 26.2 Å². The number of aromatic nitrogens is 1. The van der Waals surface area contributed by atoms with E-state index < -0.39 is 0 Å². The van der Waals surface area contributed by atoms with E-state index in [1.165, 1.54) is 6.42 Å². The summed E-state index contributed by atoms with van der Waals surface area (Å²) in [6.45, 7) is 3.13. The lowest BCUT2D eigenvalue weighted by Crippen LogP contribution is -2.12. The van der Waals surface area contributed by atoms with Gasteiger partial charge in [0.25, 0.3) is 0 Å². The molecule has 0 saturated carbocycles. The van der Waals surface area contributed by atoms with Crippen LogP contribution in [0.5, 0.6) is 0 Å². The summed E-state index contributed by atoms with van der Waals surface area (Å²) in [6.07, 6.45) is 3.37. The fraction of sp³-hybridized carbons (Fsp3) is 0.700. The smallest absolute Gasteiger partial charge is 0.223 e. The van der Waals surface area contributed by atoms with Crippen LogP contribution < -0.4 is 5.73 Å². The van der Waals surface area contributed by atoms with Crippen LogP contribution in [0, 0.1) is 6.92 Å². The highest BCUT2D eigenvalue weighted by molar-refractivity contribution is 5.08. The van der Waals surface area contributed by atoms with Crippen LogP contribution in [0.15, 0.2) is 4.42 Å². The molecular formula is C10H16N2O2. The van der Waals surface area contributed by atoms with Gasteiger partial charge in [0.05, 0.1) is 5.69 Å². The van der Waals surface area contributed by atoms with Crippen molar-refractivity contribution in [3.63, 3.8) is 0 Å². The van der Waals surface area contributed by atoms with E-state index in [9.17, 15) is 0 Å². The van der Waals surface area contributed by atoms with E-state index in [1.807, 2.05) is 6.92 Å². The molecule has 1 aromatic rings. The first-order valence-electron chi connectivity index (χ1n) is 5.09. The molecule has 0 amide bonds. The Morgan fingerprint density at radius 2 is 2.36 bits per heavy atom. The Hall–Kier alpha value is -0.870. The predicted octanol–water partition coefficient (Wildman–Crippen LogP) is 1.68. The number of hydrogen-bond acceptors (Lipinski definition) is 4. The van der Waals surface area contributed by atoms with E-state index in [1.54, 1.807) is 0 Å². The standard InChI is InChI=1S/C10H16N2O2/c1-7-8(6-11)12-10(14-7)9-4-2-3-5-13-9/h9H,2-6,11H2,1H3. The van der Waals surface area contributed by atoms with Crippen LogP contribution in [0.1, 0.15) is 42.7 Å². The lowest BCUT2D eigenvalue weighted by atomic mass is 10.1. The Labute approximate surface area is 83.4 Å². The molecule has 0 spiro atoms. The summed E-state index contributed by atoms with van der Waals surface area (Å²) in [5.74, 6) is 1.51. The molecule has 1 aromatic heterocycles. The normalized spacial score (nSPS) is 22.6. The number of nitrogens with zero attached hydrogens (tertiary/aromatic N) is 1. The minimum absolute atomic E-state index is 0.0442. The molecule has 78 valence electrons. The largest absolute Gasteiger partial charge is 0.443 e. The van der Waals surface area contributed by atoms with E-state index >= 15 is 0 Å². The van der Waals surface area contributed by atoms with Crippen molar-refractivity contribution in [1.29, 1.82) is 0 Å². The van der Waals surface area contributed by atoms with E-state index in [0.717, 1.165) is 30.9 Å². The second-order valence-corrected chi connectivity index (χ2v) is 3.61. The fourth-order valence-electron chi connectivity index (χ4n) is 1.71. The van der Waals surface area contributed by atoms with Gasteiger partial charge in [-0.3, -0.25) is 0 Å². The van der Waals surface area contributed by atoms with Crippen molar-refractivity contribution in [2.75, 3.05) is 6.61 Å². The van der Waals surface area contributed by atoms with E-state index in [4.69, 9.17) is 14.9 Å². The van der Waals surface area contributed by atoms with Crippen LogP contribution in [0.3, 0.4) is 0 Å². The van der Waals surface area contributed by atoms with Gasteiger partial charge in [0.2, 0.25) is 5.89 Å². The Morgan fingerprint density at radius 1 is 1.50 bits per heavy atom. The third-order valence-electron chi connectivity index (χ3n) is 2.56. The number of rotatable bonds is 2. The average molecular weight is 196 g/mol. The van der Waals surface area contributed by atoms with E-state index in [-0.39, 0.29) is 6.10 Å². The van der Waals surface area contributed by atoms with Gasteiger partial charge in [-0.25, -0.2) is 4.98 Å². The molecule has 0 radical (unpaired) electrons. The molecule has 1 aliphatic rings. The molecule has 1 saturated heterocycles. The van der Waals surface area contributed by atoms with Crippen LogP contribution in [-0.2, 0) is 11.3 Å². The van der Waals surface area contributed by atoms with Gasteiger partial charge < -0.3 is 14.9 Å². The zero-order chi connectivity index (χ0) is 9.97. The third kappa shape index (κ3) is 1.81. The Morgan fingerprint density at radius 3 is 2.93 bits per heavy atom. The zero-order valence-corrected chi connectivity index (χ0v) is 8.45. The summed E-state index contributed by atoms with van der Waals surface area (Å²) in [5.41, 5.74) is 6.37. The molecule has 4 heteroatoms. The molecule has 2 heterocycles. The second kappa shape index (κ2) is 4.11. The highest BCUT2D eigenvalue weighted by Crippen LogP contribution is 2.28. The first-order valence-corrected chi connectivity index (χ1v) is 5.09. The van der Waals surface area contributed by atoms with Crippen molar-refractivity contribution in [2.24, 2.45) is 5.73 Å². The third-order valence-corrected chi connectivity index (χ3v) is 2.56. The molecule has 2 N–H and O–H groups in total. The molecule has 1 fully saturated rings. The predicted molar refractivity (Wildman–Crippen MR) is 51.7 cm³/mol. The molecule has 1 aliphatic heterocycles. The summed E-state index contributed by atoms with van der Waals surface area (Å²) in [5, 5.41) is 0.